The highest BCUT2D eigenvalue weighted by Gasteiger charge is 2.09. The van der Waals surface area contributed by atoms with Crippen LogP contribution in [0.15, 0.2) is 11.6 Å². The van der Waals surface area contributed by atoms with E-state index < -0.39 is 0 Å². The van der Waals surface area contributed by atoms with E-state index in [4.69, 9.17) is 0 Å². The molecular formula is C8H12O. The molecule has 1 unspecified atom stereocenters. The van der Waals surface area contributed by atoms with E-state index in [1.54, 1.807) is 0 Å². The van der Waals surface area contributed by atoms with Gasteiger partial charge in [0.1, 0.15) is 6.29 Å². The van der Waals surface area contributed by atoms with E-state index in [-0.39, 0.29) is 0 Å². The summed E-state index contributed by atoms with van der Waals surface area (Å²) in [6.45, 7) is 2.13. The monoisotopic (exact) mass is 124 g/mol. The van der Waals surface area contributed by atoms with Crippen LogP contribution >= 0.6 is 0 Å². The lowest BCUT2D eigenvalue weighted by atomic mass is 9.92. The molecule has 0 N–H and O–H groups in total. The first-order chi connectivity index (χ1) is 4.33. The van der Waals surface area contributed by atoms with E-state index in [0.29, 0.717) is 5.92 Å². The fourth-order valence-electron chi connectivity index (χ4n) is 1.11. The van der Waals surface area contributed by atoms with Gasteiger partial charge >= 0.3 is 0 Å². The summed E-state index contributed by atoms with van der Waals surface area (Å²) in [6.07, 6.45) is 6.38. The van der Waals surface area contributed by atoms with Crippen LogP contribution in [0, 0.1) is 5.92 Å². The van der Waals surface area contributed by atoms with E-state index in [2.05, 4.69) is 13.0 Å². The second-order valence-electron chi connectivity index (χ2n) is 2.72. The van der Waals surface area contributed by atoms with E-state index in [0.717, 1.165) is 25.5 Å². The van der Waals surface area contributed by atoms with Gasteiger partial charge < -0.3 is 4.79 Å². The summed E-state index contributed by atoms with van der Waals surface area (Å²) in [7, 11) is 0. The van der Waals surface area contributed by atoms with Crippen molar-refractivity contribution in [3.8, 4) is 0 Å². The summed E-state index contributed by atoms with van der Waals surface area (Å²) in [4.78, 5) is 10.2. The molecule has 0 amide bonds. The van der Waals surface area contributed by atoms with Gasteiger partial charge in [-0.3, -0.25) is 0 Å². The Labute approximate surface area is 55.8 Å². The number of allylic oxidation sites excluding steroid dienone is 2. The molecule has 0 aromatic carbocycles. The van der Waals surface area contributed by atoms with Crippen LogP contribution in [-0.2, 0) is 4.79 Å². The summed E-state index contributed by atoms with van der Waals surface area (Å²) < 4.78 is 0. The summed E-state index contributed by atoms with van der Waals surface area (Å²) >= 11 is 0. The minimum Gasteiger partial charge on any atom is -0.303 e. The van der Waals surface area contributed by atoms with Crippen molar-refractivity contribution < 1.29 is 4.79 Å². The Bertz CT molecular complexity index is 136. The summed E-state index contributed by atoms with van der Waals surface area (Å²) in [5, 5.41) is 0. The largest absolute Gasteiger partial charge is 0.303 e. The summed E-state index contributed by atoms with van der Waals surface area (Å²) in [5.41, 5.74) is 1.44. The Morgan fingerprint density at radius 1 is 1.78 bits per heavy atom. The fourth-order valence-corrected chi connectivity index (χ4v) is 1.11. The van der Waals surface area contributed by atoms with Crippen LogP contribution < -0.4 is 0 Å². The Hall–Kier alpha value is -0.590. The van der Waals surface area contributed by atoms with Gasteiger partial charge in [-0.05, 0) is 26.2 Å². The second kappa shape index (κ2) is 2.81. The molecule has 1 aliphatic carbocycles. The van der Waals surface area contributed by atoms with Gasteiger partial charge in [0.15, 0.2) is 0 Å². The zero-order valence-electron chi connectivity index (χ0n) is 5.76. The van der Waals surface area contributed by atoms with Crippen molar-refractivity contribution in [2.75, 3.05) is 0 Å². The van der Waals surface area contributed by atoms with Crippen molar-refractivity contribution in [2.24, 2.45) is 5.92 Å². The van der Waals surface area contributed by atoms with Crippen molar-refractivity contribution in [3.05, 3.63) is 11.6 Å². The van der Waals surface area contributed by atoms with Crippen LogP contribution in [0.2, 0.25) is 0 Å². The van der Waals surface area contributed by atoms with Gasteiger partial charge in [-0.1, -0.05) is 11.6 Å². The molecule has 0 aromatic heterocycles. The molecule has 50 valence electrons. The van der Waals surface area contributed by atoms with Crippen LogP contribution in [0.3, 0.4) is 0 Å². The predicted octanol–water partition coefficient (Wildman–Crippen LogP) is 1.93. The van der Waals surface area contributed by atoms with Gasteiger partial charge in [-0.2, -0.15) is 0 Å². The van der Waals surface area contributed by atoms with Crippen LogP contribution in [0.1, 0.15) is 26.2 Å². The van der Waals surface area contributed by atoms with E-state index in [9.17, 15) is 4.79 Å². The number of rotatable bonds is 1. The first-order valence-electron chi connectivity index (χ1n) is 3.44. The maximum Gasteiger partial charge on any atom is 0.123 e. The highest BCUT2D eigenvalue weighted by atomic mass is 16.1. The molecule has 0 aromatic rings. The topological polar surface area (TPSA) is 17.1 Å². The molecule has 1 nitrogen and oxygen atoms in total. The Morgan fingerprint density at radius 2 is 2.56 bits per heavy atom. The van der Waals surface area contributed by atoms with Crippen LogP contribution in [0.4, 0.5) is 0 Å². The Morgan fingerprint density at radius 3 is 3.00 bits per heavy atom. The molecule has 9 heavy (non-hydrogen) atoms. The lowest BCUT2D eigenvalue weighted by molar-refractivity contribution is -0.111. The van der Waals surface area contributed by atoms with Crippen LogP contribution in [0.25, 0.3) is 0 Å². The minimum atomic E-state index is 0.314. The normalized spacial score (nSPS) is 27.2. The molecule has 0 heterocycles. The van der Waals surface area contributed by atoms with E-state index in [1.165, 1.54) is 5.57 Å². The lowest BCUT2D eigenvalue weighted by Crippen LogP contribution is -2.04. The number of hydrogen-bond acceptors (Lipinski definition) is 1. The second-order valence-corrected chi connectivity index (χ2v) is 2.72. The molecule has 1 rings (SSSR count). The number of hydrogen-bond donors (Lipinski definition) is 0. The van der Waals surface area contributed by atoms with Crippen molar-refractivity contribution in [3.63, 3.8) is 0 Å². The van der Waals surface area contributed by atoms with Gasteiger partial charge in [-0.15, -0.1) is 0 Å². The molecule has 1 heteroatoms. The highest BCUT2D eigenvalue weighted by molar-refractivity contribution is 5.54. The van der Waals surface area contributed by atoms with Crippen LogP contribution in [0.5, 0.6) is 0 Å². The fraction of sp³-hybridized carbons (Fsp3) is 0.625. The van der Waals surface area contributed by atoms with Crippen molar-refractivity contribution >= 4 is 6.29 Å². The Kier molecular flexibility index (Phi) is 2.04. The Balaban J connectivity index is 2.45. The van der Waals surface area contributed by atoms with Gasteiger partial charge in [0.05, 0.1) is 0 Å². The molecule has 0 bridgehead atoms. The predicted molar refractivity (Wildman–Crippen MR) is 37.2 cm³/mol. The maximum atomic E-state index is 10.2. The third-order valence-corrected chi connectivity index (χ3v) is 1.87. The molecular weight excluding hydrogens is 112 g/mol. The molecule has 1 aliphatic rings. The zero-order valence-corrected chi connectivity index (χ0v) is 5.76. The summed E-state index contributed by atoms with van der Waals surface area (Å²) in [5.74, 6) is 0.314. The number of aldehydes is 1. The molecule has 0 aliphatic heterocycles. The standard InChI is InChI=1S/C8H12O/c1-7-2-4-8(6-9)5-3-7/h2,6,8H,3-5H2,1H3. The lowest BCUT2D eigenvalue weighted by Gasteiger charge is -2.13. The van der Waals surface area contributed by atoms with E-state index >= 15 is 0 Å². The van der Waals surface area contributed by atoms with Crippen molar-refractivity contribution in [1.29, 1.82) is 0 Å². The first-order valence-corrected chi connectivity index (χ1v) is 3.44. The van der Waals surface area contributed by atoms with Crippen molar-refractivity contribution in [2.45, 2.75) is 26.2 Å². The quantitative estimate of drug-likeness (QED) is 0.385. The number of carbonyl (C=O) groups is 1. The number of carbonyl (C=O) groups excluding carboxylic acids is 1. The van der Waals surface area contributed by atoms with Gasteiger partial charge in [0.25, 0.3) is 0 Å². The zero-order chi connectivity index (χ0) is 6.69. The average molecular weight is 124 g/mol. The van der Waals surface area contributed by atoms with Gasteiger partial charge in [0.2, 0.25) is 0 Å². The average Bonchev–Trinajstić information content (AvgIpc) is 1.90. The molecule has 0 saturated heterocycles. The van der Waals surface area contributed by atoms with E-state index in [1.807, 2.05) is 0 Å². The van der Waals surface area contributed by atoms with Gasteiger partial charge in [0, 0.05) is 5.92 Å². The third kappa shape index (κ3) is 1.67. The summed E-state index contributed by atoms with van der Waals surface area (Å²) in [6, 6.07) is 0. The smallest absolute Gasteiger partial charge is 0.123 e. The minimum absolute atomic E-state index is 0.314. The molecule has 1 atom stereocenters. The van der Waals surface area contributed by atoms with Gasteiger partial charge in [-0.25, -0.2) is 0 Å². The molecule has 0 radical (unpaired) electrons. The van der Waals surface area contributed by atoms with Crippen LogP contribution in [-0.4, -0.2) is 6.29 Å². The maximum absolute atomic E-state index is 10.2. The molecule has 0 spiro atoms. The first kappa shape index (κ1) is 6.53. The third-order valence-electron chi connectivity index (χ3n) is 1.87. The SMILES string of the molecule is CC1=CCC(C=O)CC1. The highest BCUT2D eigenvalue weighted by Crippen LogP contribution is 2.20. The molecule has 0 saturated carbocycles. The molecule has 0 fully saturated rings. The van der Waals surface area contributed by atoms with Crippen molar-refractivity contribution in [1.82, 2.24) is 0 Å².